The molecule has 0 fully saturated rings. The molecule has 0 radical (unpaired) electrons. The van der Waals surface area contributed by atoms with Crippen LogP contribution in [0.2, 0.25) is 5.02 Å². The Labute approximate surface area is 119 Å². The van der Waals surface area contributed by atoms with Crippen LogP contribution >= 0.6 is 11.6 Å². The lowest BCUT2D eigenvalue weighted by atomic mass is 10.2. The first-order valence-corrected chi connectivity index (χ1v) is 6.89. The molecule has 1 rings (SSSR count). The molecule has 0 aliphatic rings. The molecule has 0 aliphatic heterocycles. The summed E-state index contributed by atoms with van der Waals surface area (Å²) < 4.78 is 0. The summed E-state index contributed by atoms with van der Waals surface area (Å²) in [6.07, 6.45) is 1.92. The Morgan fingerprint density at radius 3 is 2.79 bits per heavy atom. The van der Waals surface area contributed by atoms with Crippen molar-refractivity contribution in [2.45, 2.75) is 26.7 Å². The van der Waals surface area contributed by atoms with Gasteiger partial charge < -0.3 is 15.3 Å². The summed E-state index contributed by atoms with van der Waals surface area (Å²) >= 11 is 6.02. The predicted octanol–water partition coefficient (Wildman–Crippen LogP) is 3.27. The molecule has 0 saturated carbocycles. The number of carbonyl (C=O) groups is 1. The van der Waals surface area contributed by atoms with E-state index in [4.69, 9.17) is 16.7 Å². The molecule has 1 aromatic carbocycles. The predicted molar refractivity (Wildman–Crippen MR) is 78.8 cm³/mol. The third-order valence-corrected chi connectivity index (χ3v) is 3.36. The standard InChI is InChI=1S/C14H21ClN2O2/c1-3-4-8-17(9-10-18)14(19)16-13-7-5-6-12(15)11(13)2/h5-7,18H,3-4,8-10H2,1-2H3,(H,16,19). The van der Waals surface area contributed by atoms with E-state index in [1.54, 1.807) is 17.0 Å². The summed E-state index contributed by atoms with van der Waals surface area (Å²) in [5.74, 6) is 0. The number of unbranched alkanes of at least 4 members (excludes halogenated alkanes) is 1. The van der Waals surface area contributed by atoms with Gasteiger partial charge in [-0.05, 0) is 31.0 Å². The van der Waals surface area contributed by atoms with Crippen molar-refractivity contribution in [1.82, 2.24) is 4.90 Å². The second-order valence-corrected chi connectivity index (χ2v) is 4.81. The van der Waals surface area contributed by atoms with Crippen LogP contribution in [0.15, 0.2) is 18.2 Å². The van der Waals surface area contributed by atoms with E-state index in [9.17, 15) is 4.79 Å². The highest BCUT2D eigenvalue weighted by molar-refractivity contribution is 6.31. The minimum Gasteiger partial charge on any atom is -0.395 e. The SMILES string of the molecule is CCCCN(CCO)C(=O)Nc1cccc(Cl)c1C. The van der Waals surface area contributed by atoms with Gasteiger partial charge in [-0.15, -0.1) is 0 Å². The van der Waals surface area contributed by atoms with Gasteiger partial charge in [-0.2, -0.15) is 0 Å². The number of amides is 2. The number of aliphatic hydroxyl groups is 1. The molecule has 4 nitrogen and oxygen atoms in total. The number of carbonyl (C=O) groups excluding carboxylic acids is 1. The summed E-state index contributed by atoms with van der Waals surface area (Å²) in [6.45, 7) is 4.87. The zero-order valence-corrected chi connectivity index (χ0v) is 12.2. The van der Waals surface area contributed by atoms with Gasteiger partial charge in [-0.3, -0.25) is 0 Å². The number of nitrogens with zero attached hydrogens (tertiary/aromatic N) is 1. The first kappa shape index (κ1) is 15.8. The molecule has 1 aromatic rings. The third kappa shape index (κ3) is 4.73. The molecule has 0 spiro atoms. The Balaban J connectivity index is 2.72. The number of halogens is 1. The Bertz CT molecular complexity index is 424. The second-order valence-electron chi connectivity index (χ2n) is 4.41. The summed E-state index contributed by atoms with van der Waals surface area (Å²) in [5, 5.41) is 12.5. The quantitative estimate of drug-likeness (QED) is 0.842. The van der Waals surface area contributed by atoms with E-state index in [1.807, 2.05) is 13.0 Å². The molecule has 0 bridgehead atoms. The molecule has 0 aliphatic carbocycles. The molecular weight excluding hydrogens is 264 g/mol. The van der Waals surface area contributed by atoms with E-state index >= 15 is 0 Å². The molecule has 5 heteroatoms. The maximum Gasteiger partial charge on any atom is 0.321 e. The van der Waals surface area contributed by atoms with Crippen molar-refractivity contribution in [3.8, 4) is 0 Å². The van der Waals surface area contributed by atoms with Crippen LogP contribution in [0.25, 0.3) is 0 Å². The number of hydrogen-bond donors (Lipinski definition) is 2. The molecule has 0 atom stereocenters. The number of aliphatic hydroxyl groups excluding tert-OH is 1. The van der Waals surface area contributed by atoms with E-state index in [2.05, 4.69) is 12.2 Å². The highest BCUT2D eigenvalue weighted by Gasteiger charge is 2.13. The van der Waals surface area contributed by atoms with Crippen LogP contribution in [0.5, 0.6) is 0 Å². The first-order valence-electron chi connectivity index (χ1n) is 6.52. The Kier molecular flexibility index (Phi) is 6.67. The summed E-state index contributed by atoms with van der Waals surface area (Å²) in [5.41, 5.74) is 1.55. The summed E-state index contributed by atoms with van der Waals surface area (Å²) in [4.78, 5) is 13.7. The third-order valence-electron chi connectivity index (χ3n) is 2.95. The smallest absolute Gasteiger partial charge is 0.321 e. The lowest BCUT2D eigenvalue weighted by Crippen LogP contribution is -2.37. The number of rotatable bonds is 6. The van der Waals surface area contributed by atoms with Gasteiger partial charge in [0.15, 0.2) is 0 Å². The Morgan fingerprint density at radius 1 is 1.42 bits per heavy atom. The van der Waals surface area contributed by atoms with E-state index in [0.717, 1.165) is 18.4 Å². The molecule has 0 saturated heterocycles. The minimum absolute atomic E-state index is 0.0360. The van der Waals surface area contributed by atoms with Crippen molar-refractivity contribution in [2.75, 3.05) is 25.0 Å². The van der Waals surface area contributed by atoms with Crippen molar-refractivity contribution < 1.29 is 9.90 Å². The normalized spacial score (nSPS) is 10.3. The molecule has 0 heterocycles. The maximum absolute atomic E-state index is 12.1. The van der Waals surface area contributed by atoms with E-state index in [-0.39, 0.29) is 12.6 Å². The zero-order chi connectivity index (χ0) is 14.3. The molecule has 0 unspecified atom stereocenters. The van der Waals surface area contributed by atoms with Gasteiger partial charge in [0.1, 0.15) is 0 Å². The number of hydrogen-bond acceptors (Lipinski definition) is 2. The Morgan fingerprint density at radius 2 is 2.16 bits per heavy atom. The van der Waals surface area contributed by atoms with Gasteiger partial charge in [0.25, 0.3) is 0 Å². The molecule has 19 heavy (non-hydrogen) atoms. The minimum atomic E-state index is -0.201. The topological polar surface area (TPSA) is 52.6 Å². The number of anilines is 1. The van der Waals surface area contributed by atoms with Gasteiger partial charge in [-0.1, -0.05) is 31.0 Å². The van der Waals surface area contributed by atoms with Crippen LogP contribution in [-0.4, -0.2) is 35.7 Å². The van der Waals surface area contributed by atoms with Crippen LogP contribution in [-0.2, 0) is 0 Å². The van der Waals surface area contributed by atoms with E-state index < -0.39 is 0 Å². The van der Waals surface area contributed by atoms with Crippen molar-refractivity contribution >= 4 is 23.3 Å². The van der Waals surface area contributed by atoms with Crippen LogP contribution in [0.4, 0.5) is 10.5 Å². The fourth-order valence-corrected chi connectivity index (χ4v) is 1.90. The monoisotopic (exact) mass is 284 g/mol. The van der Waals surface area contributed by atoms with Crippen molar-refractivity contribution in [1.29, 1.82) is 0 Å². The highest BCUT2D eigenvalue weighted by Crippen LogP contribution is 2.23. The summed E-state index contributed by atoms with van der Waals surface area (Å²) in [6, 6.07) is 5.20. The fraction of sp³-hybridized carbons (Fsp3) is 0.500. The zero-order valence-electron chi connectivity index (χ0n) is 11.4. The lowest BCUT2D eigenvalue weighted by Gasteiger charge is -2.22. The van der Waals surface area contributed by atoms with Crippen molar-refractivity contribution in [3.05, 3.63) is 28.8 Å². The number of urea groups is 1. The second kappa shape index (κ2) is 8.02. The van der Waals surface area contributed by atoms with Crippen molar-refractivity contribution in [3.63, 3.8) is 0 Å². The molecular formula is C14H21ClN2O2. The molecule has 2 N–H and O–H groups in total. The number of nitrogens with one attached hydrogen (secondary N) is 1. The average Bonchev–Trinajstić information content (AvgIpc) is 2.39. The van der Waals surface area contributed by atoms with Crippen molar-refractivity contribution in [2.24, 2.45) is 0 Å². The molecule has 106 valence electrons. The number of benzene rings is 1. The average molecular weight is 285 g/mol. The van der Waals surface area contributed by atoms with E-state index in [0.29, 0.717) is 23.8 Å². The van der Waals surface area contributed by atoms with Crippen LogP contribution < -0.4 is 5.32 Å². The molecule has 2 amide bonds. The highest BCUT2D eigenvalue weighted by atomic mass is 35.5. The van der Waals surface area contributed by atoms with Crippen LogP contribution in [0.1, 0.15) is 25.3 Å². The largest absolute Gasteiger partial charge is 0.395 e. The van der Waals surface area contributed by atoms with Gasteiger partial charge >= 0.3 is 6.03 Å². The first-order chi connectivity index (χ1) is 9.10. The molecule has 0 aromatic heterocycles. The lowest BCUT2D eigenvalue weighted by molar-refractivity contribution is 0.187. The fourth-order valence-electron chi connectivity index (χ4n) is 1.72. The van der Waals surface area contributed by atoms with E-state index in [1.165, 1.54) is 0 Å². The van der Waals surface area contributed by atoms with Gasteiger partial charge in [-0.25, -0.2) is 4.79 Å². The van der Waals surface area contributed by atoms with Crippen LogP contribution in [0, 0.1) is 6.92 Å². The van der Waals surface area contributed by atoms with Gasteiger partial charge in [0, 0.05) is 23.8 Å². The van der Waals surface area contributed by atoms with Crippen LogP contribution in [0.3, 0.4) is 0 Å². The summed E-state index contributed by atoms with van der Waals surface area (Å²) in [7, 11) is 0. The maximum atomic E-state index is 12.1. The van der Waals surface area contributed by atoms with Gasteiger partial charge in [0.05, 0.1) is 6.61 Å². The van der Waals surface area contributed by atoms with Gasteiger partial charge in [0.2, 0.25) is 0 Å². The Hall–Kier alpha value is -1.26.